The second-order valence-electron chi connectivity index (χ2n) is 10.9. The van der Waals surface area contributed by atoms with Crippen LogP contribution in [-0.4, -0.2) is 61.5 Å². The lowest BCUT2D eigenvalue weighted by Gasteiger charge is -2.33. The maximum Gasteiger partial charge on any atom is 0.410 e. The highest BCUT2D eigenvalue weighted by molar-refractivity contribution is 6.04. The molecule has 9 nitrogen and oxygen atoms in total. The van der Waals surface area contributed by atoms with Crippen LogP contribution in [0.1, 0.15) is 68.3 Å². The van der Waals surface area contributed by atoms with Crippen molar-refractivity contribution in [2.45, 2.75) is 70.9 Å². The number of anilines is 1. The number of nitrogens with zero attached hydrogens (tertiary/aromatic N) is 4. The summed E-state index contributed by atoms with van der Waals surface area (Å²) in [5.41, 5.74) is 0.301. The number of fused-ring (bicyclic) bond motifs is 2. The molecule has 0 bridgehead atoms. The number of hydrogen-bond donors (Lipinski definition) is 2. The van der Waals surface area contributed by atoms with E-state index in [1.165, 1.54) is 0 Å². The van der Waals surface area contributed by atoms with Crippen molar-refractivity contribution in [2.75, 3.05) is 18.4 Å². The summed E-state index contributed by atoms with van der Waals surface area (Å²) >= 11 is 0. The number of halogens is 2. The summed E-state index contributed by atoms with van der Waals surface area (Å²) < 4.78 is 35.5. The van der Waals surface area contributed by atoms with Crippen LogP contribution in [0.3, 0.4) is 0 Å². The molecule has 2 amide bonds. The number of likely N-dealkylation sites (tertiary alicyclic amines) is 1. The largest absolute Gasteiger partial charge is 0.444 e. The number of amides is 2. The van der Waals surface area contributed by atoms with Gasteiger partial charge in [0.05, 0.1) is 17.9 Å². The van der Waals surface area contributed by atoms with Crippen molar-refractivity contribution in [3.05, 3.63) is 29.3 Å². The third-order valence-corrected chi connectivity index (χ3v) is 7.35. The van der Waals surface area contributed by atoms with Crippen LogP contribution >= 0.6 is 0 Å². The molecule has 3 heterocycles. The van der Waals surface area contributed by atoms with Crippen LogP contribution in [0.2, 0.25) is 0 Å². The number of aromatic nitrogens is 4. The summed E-state index contributed by atoms with van der Waals surface area (Å²) in [6.07, 6.45) is 4.77. The van der Waals surface area contributed by atoms with Crippen LogP contribution < -0.4 is 5.32 Å². The Morgan fingerprint density at radius 3 is 2.65 bits per heavy atom. The van der Waals surface area contributed by atoms with Crippen molar-refractivity contribution in [1.82, 2.24) is 24.9 Å². The van der Waals surface area contributed by atoms with Gasteiger partial charge in [-0.1, -0.05) is 6.92 Å². The molecule has 0 aromatic carbocycles. The predicted molar refractivity (Wildman–Crippen MR) is 119 cm³/mol. The Morgan fingerprint density at radius 2 is 1.97 bits per heavy atom. The summed E-state index contributed by atoms with van der Waals surface area (Å²) in [7, 11) is 0. The number of ether oxygens (including phenoxy) is 1. The molecule has 1 saturated carbocycles. The number of piperidine rings is 1. The zero-order chi connectivity index (χ0) is 24.5. The van der Waals surface area contributed by atoms with E-state index >= 15 is 0 Å². The van der Waals surface area contributed by atoms with E-state index in [9.17, 15) is 18.4 Å². The van der Waals surface area contributed by atoms with E-state index < -0.39 is 28.8 Å². The molecule has 3 aliphatic rings. The fourth-order valence-corrected chi connectivity index (χ4v) is 5.23. The number of H-pyrrole nitrogens is 1. The summed E-state index contributed by atoms with van der Waals surface area (Å²) in [5.74, 6) is -3.89. The van der Waals surface area contributed by atoms with Crippen molar-refractivity contribution in [1.29, 1.82) is 0 Å². The van der Waals surface area contributed by atoms with Gasteiger partial charge in [-0.2, -0.15) is 10.2 Å². The lowest BCUT2D eigenvalue weighted by atomic mass is 9.87. The zero-order valence-electron chi connectivity index (χ0n) is 19.8. The minimum atomic E-state index is -2.71. The molecule has 34 heavy (non-hydrogen) atoms. The Bertz CT molecular complexity index is 1130. The van der Waals surface area contributed by atoms with Gasteiger partial charge in [0.1, 0.15) is 5.60 Å². The SMILES string of the molecule is CC(C)(C)OC(=O)N1CCC(n2cc(NC(=O)c3n[nH]c4c3C[C@@H]3C(F)(F)[C@]3(C)C4)cn2)CC1. The molecule has 2 atom stereocenters. The summed E-state index contributed by atoms with van der Waals surface area (Å²) in [4.78, 5) is 26.8. The molecular weight excluding hydrogens is 446 g/mol. The van der Waals surface area contributed by atoms with E-state index in [-0.39, 0.29) is 30.7 Å². The molecule has 2 aromatic heterocycles. The van der Waals surface area contributed by atoms with Crippen LogP contribution in [-0.2, 0) is 17.6 Å². The first kappa shape index (κ1) is 22.8. The molecule has 184 valence electrons. The Labute approximate surface area is 196 Å². The minimum absolute atomic E-state index is 0.0947. The topological polar surface area (TPSA) is 105 Å². The van der Waals surface area contributed by atoms with Gasteiger partial charge in [-0.25, -0.2) is 13.6 Å². The Balaban J connectivity index is 1.19. The van der Waals surface area contributed by atoms with E-state index in [1.54, 1.807) is 28.9 Å². The maximum atomic E-state index is 14.2. The quantitative estimate of drug-likeness (QED) is 0.701. The summed E-state index contributed by atoms with van der Waals surface area (Å²) in [6.45, 7) is 8.24. The van der Waals surface area contributed by atoms with E-state index in [0.29, 0.717) is 30.0 Å². The number of aromatic amines is 1. The molecule has 0 unspecified atom stereocenters. The Hall–Kier alpha value is -2.98. The van der Waals surface area contributed by atoms with Crippen LogP contribution in [0.5, 0.6) is 0 Å². The lowest BCUT2D eigenvalue weighted by molar-refractivity contribution is 0.0184. The number of carbonyl (C=O) groups is 2. The molecule has 1 aliphatic heterocycles. The second-order valence-corrected chi connectivity index (χ2v) is 10.9. The van der Waals surface area contributed by atoms with Gasteiger partial charge in [0, 0.05) is 48.3 Å². The zero-order valence-corrected chi connectivity index (χ0v) is 19.8. The molecule has 2 aromatic rings. The van der Waals surface area contributed by atoms with Gasteiger partial charge in [-0.05, 0) is 40.0 Å². The van der Waals surface area contributed by atoms with Gasteiger partial charge in [0.15, 0.2) is 5.69 Å². The van der Waals surface area contributed by atoms with Crippen LogP contribution in [0, 0.1) is 11.3 Å². The molecule has 2 fully saturated rings. The van der Waals surface area contributed by atoms with Gasteiger partial charge >= 0.3 is 6.09 Å². The van der Waals surface area contributed by atoms with E-state index in [0.717, 1.165) is 12.8 Å². The van der Waals surface area contributed by atoms with Crippen molar-refractivity contribution in [2.24, 2.45) is 11.3 Å². The second kappa shape index (κ2) is 7.51. The number of carbonyl (C=O) groups excluding carboxylic acids is 2. The Kier molecular flexibility index (Phi) is 5.04. The molecule has 0 spiro atoms. The van der Waals surface area contributed by atoms with E-state index in [4.69, 9.17) is 4.74 Å². The third-order valence-electron chi connectivity index (χ3n) is 7.35. The molecular formula is C23H30F2N6O3. The van der Waals surface area contributed by atoms with Crippen molar-refractivity contribution in [3.8, 4) is 0 Å². The first-order chi connectivity index (χ1) is 15.9. The number of rotatable bonds is 3. The molecule has 2 aliphatic carbocycles. The molecule has 1 saturated heterocycles. The predicted octanol–water partition coefficient (Wildman–Crippen LogP) is 3.80. The van der Waals surface area contributed by atoms with E-state index in [2.05, 4.69) is 20.6 Å². The van der Waals surface area contributed by atoms with Gasteiger partial charge in [-0.3, -0.25) is 14.6 Å². The van der Waals surface area contributed by atoms with Crippen molar-refractivity contribution in [3.63, 3.8) is 0 Å². The average Bonchev–Trinajstić information content (AvgIpc) is 3.18. The van der Waals surface area contributed by atoms with Crippen LogP contribution in [0.15, 0.2) is 12.4 Å². The molecule has 0 radical (unpaired) electrons. The maximum absolute atomic E-state index is 14.2. The van der Waals surface area contributed by atoms with Crippen LogP contribution in [0.4, 0.5) is 19.3 Å². The minimum Gasteiger partial charge on any atom is -0.444 e. The first-order valence-electron chi connectivity index (χ1n) is 11.7. The third kappa shape index (κ3) is 3.74. The highest BCUT2D eigenvalue weighted by Crippen LogP contribution is 2.70. The first-order valence-corrected chi connectivity index (χ1v) is 11.7. The molecule has 11 heteroatoms. The number of nitrogens with one attached hydrogen (secondary N) is 2. The molecule has 5 rings (SSSR count). The lowest BCUT2D eigenvalue weighted by Crippen LogP contribution is -2.42. The Morgan fingerprint density at radius 1 is 1.26 bits per heavy atom. The van der Waals surface area contributed by atoms with Gasteiger partial charge in [0.25, 0.3) is 11.8 Å². The summed E-state index contributed by atoms with van der Waals surface area (Å²) in [5, 5.41) is 14.1. The van der Waals surface area contributed by atoms with Gasteiger partial charge < -0.3 is 15.0 Å². The average molecular weight is 477 g/mol. The smallest absolute Gasteiger partial charge is 0.410 e. The molecule has 2 N–H and O–H groups in total. The fourth-order valence-electron chi connectivity index (χ4n) is 5.23. The standard InChI is InChI=1S/C23H30F2N6O3/c1-21(2,3)34-20(33)30-7-5-14(6-8-30)31-12-13(11-26-31)27-19(32)18-15-9-17-22(4,23(17,24)25)10-16(15)28-29-18/h11-12,14,17H,5-10H2,1-4H3,(H,27,32)(H,28,29)/t17-,22+/m0/s1. The number of hydrogen-bond acceptors (Lipinski definition) is 5. The van der Waals surface area contributed by atoms with Gasteiger partial charge in [-0.15, -0.1) is 0 Å². The summed E-state index contributed by atoms with van der Waals surface area (Å²) in [6, 6.07) is 0.0947. The van der Waals surface area contributed by atoms with Crippen LogP contribution in [0.25, 0.3) is 0 Å². The van der Waals surface area contributed by atoms with E-state index in [1.807, 2.05) is 20.8 Å². The number of alkyl halides is 2. The van der Waals surface area contributed by atoms with Crippen molar-refractivity contribution >= 4 is 17.7 Å². The normalized spacial score (nSPS) is 25.9. The van der Waals surface area contributed by atoms with Crippen molar-refractivity contribution < 1.29 is 23.1 Å². The van der Waals surface area contributed by atoms with Gasteiger partial charge in [0.2, 0.25) is 0 Å². The monoisotopic (exact) mass is 476 g/mol. The highest BCUT2D eigenvalue weighted by atomic mass is 19.3. The fraction of sp³-hybridized carbons (Fsp3) is 0.652. The highest BCUT2D eigenvalue weighted by Gasteiger charge is 2.78.